The van der Waals surface area contributed by atoms with Crippen molar-refractivity contribution in [2.45, 2.75) is 45.2 Å². The Morgan fingerprint density at radius 1 is 1.04 bits per heavy atom. The van der Waals surface area contributed by atoms with Crippen LogP contribution in [0.4, 0.5) is 0 Å². The summed E-state index contributed by atoms with van der Waals surface area (Å²) < 4.78 is 7.59. The Balaban J connectivity index is 1.31. The minimum absolute atomic E-state index is 0.708. The first kappa shape index (κ1) is 17.0. The predicted octanol–water partition coefficient (Wildman–Crippen LogP) is 3.43. The highest BCUT2D eigenvalue weighted by atomic mass is 16.5. The van der Waals surface area contributed by atoms with Gasteiger partial charge in [0, 0.05) is 24.2 Å². The molecule has 1 fully saturated rings. The van der Waals surface area contributed by atoms with E-state index in [0.29, 0.717) is 12.1 Å². The summed E-state index contributed by atoms with van der Waals surface area (Å²) in [4.78, 5) is 2.60. The molecule has 2 unspecified atom stereocenters. The minimum atomic E-state index is 0.708. The second-order valence-electron chi connectivity index (χ2n) is 7.09. The van der Waals surface area contributed by atoms with E-state index >= 15 is 0 Å². The van der Waals surface area contributed by atoms with Crippen LogP contribution in [0.15, 0.2) is 42.7 Å². The fraction of sp³-hybridized carbons (Fsp3) is 0.450. The summed E-state index contributed by atoms with van der Waals surface area (Å²) >= 11 is 0. The smallest absolute Gasteiger partial charge is 0.177 e. The molecule has 0 aliphatic carbocycles. The topological polar surface area (TPSA) is 55.5 Å². The van der Waals surface area contributed by atoms with Crippen LogP contribution in [0.1, 0.15) is 33.1 Å². The summed E-state index contributed by atoms with van der Waals surface area (Å²) in [7, 11) is 0. The molecule has 0 bridgehead atoms. The highest BCUT2D eigenvalue weighted by molar-refractivity contribution is 5.60. The van der Waals surface area contributed by atoms with E-state index in [1.807, 2.05) is 36.4 Å². The summed E-state index contributed by atoms with van der Waals surface area (Å²) in [5.74, 6) is 0.904. The Morgan fingerprint density at radius 2 is 1.81 bits per heavy atom. The molecule has 1 aliphatic heterocycles. The fourth-order valence-electron chi connectivity index (χ4n) is 3.73. The lowest BCUT2D eigenvalue weighted by Gasteiger charge is -2.25. The lowest BCUT2D eigenvalue weighted by Crippen LogP contribution is -2.34. The summed E-state index contributed by atoms with van der Waals surface area (Å²) in [6, 6.07) is 13.4. The largest absolute Gasteiger partial charge is 0.494 e. The van der Waals surface area contributed by atoms with E-state index in [2.05, 4.69) is 34.0 Å². The lowest BCUT2D eigenvalue weighted by molar-refractivity contribution is 0.191. The SMILES string of the molecule is CC1CCC(C)N1CCCOc1ccc(-c2ccc3nncn3n2)cc1. The highest BCUT2D eigenvalue weighted by Gasteiger charge is 2.26. The number of fused-ring (bicyclic) bond motifs is 1. The normalized spacial score (nSPS) is 20.7. The van der Waals surface area contributed by atoms with E-state index in [0.717, 1.165) is 42.2 Å². The van der Waals surface area contributed by atoms with Crippen molar-refractivity contribution < 1.29 is 4.74 Å². The molecule has 4 rings (SSSR count). The van der Waals surface area contributed by atoms with Gasteiger partial charge >= 0.3 is 0 Å². The molecular formula is C20H25N5O. The molecule has 0 amide bonds. The molecule has 1 aliphatic rings. The molecule has 0 N–H and O–H groups in total. The monoisotopic (exact) mass is 351 g/mol. The van der Waals surface area contributed by atoms with Gasteiger partial charge < -0.3 is 4.74 Å². The van der Waals surface area contributed by atoms with Gasteiger partial charge in [0.25, 0.3) is 0 Å². The number of ether oxygens (including phenoxy) is 1. The van der Waals surface area contributed by atoms with E-state index in [1.165, 1.54) is 12.8 Å². The maximum absolute atomic E-state index is 5.91. The van der Waals surface area contributed by atoms with Crippen LogP contribution in [0.2, 0.25) is 0 Å². The first-order valence-corrected chi connectivity index (χ1v) is 9.37. The van der Waals surface area contributed by atoms with E-state index in [1.54, 1.807) is 10.8 Å². The van der Waals surface area contributed by atoms with Gasteiger partial charge in [0.15, 0.2) is 5.65 Å². The van der Waals surface area contributed by atoms with Crippen LogP contribution < -0.4 is 4.74 Å². The Bertz CT molecular complexity index is 850. The van der Waals surface area contributed by atoms with Gasteiger partial charge in [0.1, 0.15) is 12.1 Å². The molecule has 0 saturated carbocycles. The van der Waals surface area contributed by atoms with Gasteiger partial charge in [0.2, 0.25) is 0 Å². The fourth-order valence-corrected chi connectivity index (χ4v) is 3.73. The van der Waals surface area contributed by atoms with Gasteiger partial charge in [-0.15, -0.1) is 10.2 Å². The molecule has 136 valence electrons. The maximum Gasteiger partial charge on any atom is 0.177 e. The zero-order valence-electron chi connectivity index (χ0n) is 15.4. The Hall–Kier alpha value is -2.47. The average Bonchev–Trinajstić information content (AvgIpc) is 3.26. The zero-order valence-corrected chi connectivity index (χ0v) is 15.4. The van der Waals surface area contributed by atoms with Gasteiger partial charge in [-0.25, -0.2) is 0 Å². The third-order valence-corrected chi connectivity index (χ3v) is 5.28. The van der Waals surface area contributed by atoms with Crippen molar-refractivity contribution in [2.75, 3.05) is 13.2 Å². The van der Waals surface area contributed by atoms with E-state index < -0.39 is 0 Å². The molecule has 6 nitrogen and oxygen atoms in total. The zero-order chi connectivity index (χ0) is 17.9. The van der Waals surface area contributed by atoms with E-state index in [4.69, 9.17) is 4.74 Å². The molecule has 0 spiro atoms. The van der Waals surface area contributed by atoms with Crippen LogP contribution >= 0.6 is 0 Å². The molecule has 1 saturated heterocycles. The number of hydrogen-bond donors (Lipinski definition) is 0. The van der Waals surface area contributed by atoms with Crippen molar-refractivity contribution in [1.29, 1.82) is 0 Å². The van der Waals surface area contributed by atoms with Crippen LogP contribution in [0, 0.1) is 0 Å². The summed E-state index contributed by atoms with van der Waals surface area (Å²) in [6.45, 7) is 6.52. The molecular weight excluding hydrogens is 326 g/mol. The van der Waals surface area contributed by atoms with E-state index in [9.17, 15) is 0 Å². The van der Waals surface area contributed by atoms with Gasteiger partial charge in [0.05, 0.1) is 12.3 Å². The van der Waals surface area contributed by atoms with Crippen molar-refractivity contribution in [3.05, 3.63) is 42.7 Å². The average molecular weight is 351 g/mol. The quantitative estimate of drug-likeness (QED) is 0.637. The number of nitrogens with zero attached hydrogens (tertiary/aromatic N) is 5. The molecule has 0 radical (unpaired) electrons. The number of likely N-dealkylation sites (tertiary alicyclic amines) is 1. The summed E-state index contributed by atoms with van der Waals surface area (Å²) in [5.41, 5.74) is 2.68. The van der Waals surface area contributed by atoms with Gasteiger partial charge in [-0.1, -0.05) is 0 Å². The molecule has 1 aromatic carbocycles. The predicted molar refractivity (Wildman–Crippen MR) is 101 cm³/mol. The Morgan fingerprint density at radius 3 is 2.58 bits per heavy atom. The van der Waals surface area contributed by atoms with Crippen LogP contribution in [0.3, 0.4) is 0 Å². The van der Waals surface area contributed by atoms with Crippen LogP contribution in [-0.4, -0.2) is 49.9 Å². The maximum atomic E-state index is 5.91. The first-order valence-electron chi connectivity index (χ1n) is 9.37. The number of hydrogen-bond acceptors (Lipinski definition) is 5. The molecule has 2 atom stereocenters. The molecule has 3 heterocycles. The second kappa shape index (κ2) is 7.41. The Kier molecular flexibility index (Phi) is 4.84. The van der Waals surface area contributed by atoms with Crippen LogP contribution in [0.25, 0.3) is 16.9 Å². The summed E-state index contributed by atoms with van der Waals surface area (Å²) in [5, 5.41) is 12.3. The number of benzene rings is 1. The van der Waals surface area contributed by atoms with Crippen molar-refractivity contribution in [1.82, 2.24) is 24.7 Å². The molecule has 2 aromatic heterocycles. The Labute approximate surface area is 153 Å². The first-order chi connectivity index (χ1) is 12.7. The van der Waals surface area contributed by atoms with E-state index in [-0.39, 0.29) is 0 Å². The standard InChI is InChI=1S/C20H25N5O/c1-15-4-5-16(2)24(15)12-3-13-26-18-8-6-17(7-9-18)19-10-11-20-22-21-14-25(20)23-19/h6-11,14-16H,3-5,12-13H2,1-2H3. The van der Waals surface area contributed by atoms with Crippen LogP contribution in [0.5, 0.6) is 5.75 Å². The third-order valence-electron chi connectivity index (χ3n) is 5.28. The lowest BCUT2D eigenvalue weighted by atomic mass is 10.1. The van der Waals surface area contributed by atoms with Gasteiger partial charge in [-0.2, -0.15) is 9.61 Å². The number of rotatable bonds is 6. The minimum Gasteiger partial charge on any atom is -0.494 e. The van der Waals surface area contributed by atoms with Crippen molar-refractivity contribution >= 4 is 5.65 Å². The summed E-state index contributed by atoms with van der Waals surface area (Å²) in [6.07, 6.45) is 5.30. The van der Waals surface area contributed by atoms with Crippen LogP contribution in [-0.2, 0) is 0 Å². The van der Waals surface area contributed by atoms with Gasteiger partial charge in [-0.05, 0) is 69.5 Å². The molecule has 6 heteroatoms. The van der Waals surface area contributed by atoms with Crippen molar-refractivity contribution in [3.63, 3.8) is 0 Å². The highest BCUT2D eigenvalue weighted by Crippen LogP contribution is 2.24. The molecule has 26 heavy (non-hydrogen) atoms. The number of aromatic nitrogens is 4. The third kappa shape index (κ3) is 3.55. The van der Waals surface area contributed by atoms with Gasteiger partial charge in [-0.3, -0.25) is 4.90 Å². The van der Waals surface area contributed by atoms with Crippen molar-refractivity contribution in [2.24, 2.45) is 0 Å². The second-order valence-corrected chi connectivity index (χ2v) is 7.09. The van der Waals surface area contributed by atoms with Crippen molar-refractivity contribution in [3.8, 4) is 17.0 Å². The molecule has 3 aromatic rings.